The minimum Gasteiger partial charge on any atom is -0.384 e. The fourth-order valence-corrected chi connectivity index (χ4v) is 4.61. The number of carbonyl (C=O) groups excluding carboxylic acids is 2. The summed E-state index contributed by atoms with van der Waals surface area (Å²) in [4.78, 5) is 32.7. The van der Waals surface area contributed by atoms with Crippen molar-refractivity contribution in [3.05, 3.63) is 89.7 Å². The molecule has 0 saturated heterocycles. The lowest BCUT2D eigenvalue weighted by Gasteiger charge is -2.23. The van der Waals surface area contributed by atoms with Crippen molar-refractivity contribution in [2.45, 2.75) is 38.6 Å². The van der Waals surface area contributed by atoms with E-state index in [1.807, 2.05) is 72.3 Å². The first-order chi connectivity index (χ1) is 19.4. The molecule has 6 N–H and O–H groups in total. The van der Waals surface area contributed by atoms with E-state index >= 15 is 0 Å². The molecule has 3 aromatic carbocycles. The summed E-state index contributed by atoms with van der Waals surface area (Å²) in [6, 6.07) is 22.3. The van der Waals surface area contributed by atoms with E-state index in [-0.39, 0.29) is 17.5 Å². The molecular weight excluding hydrogens is 502 g/mol. The SMILES string of the molecule is Cn1c(CNc2ccc(C(=N)N)cc2)nc2cc(C(=O)N(CCC(=O)CCCCCN)c3ccccc3)ccc21. The molecule has 208 valence electrons. The Labute approximate surface area is 234 Å². The highest BCUT2D eigenvalue weighted by molar-refractivity contribution is 6.08. The number of amides is 1. The molecule has 0 fully saturated rings. The number of imidazole rings is 1. The van der Waals surface area contributed by atoms with Crippen LogP contribution in [0.5, 0.6) is 0 Å². The van der Waals surface area contributed by atoms with E-state index in [4.69, 9.17) is 21.9 Å². The predicted octanol–water partition coefficient (Wildman–Crippen LogP) is 4.59. The highest BCUT2D eigenvalue weighted by atomic mass is 16.2. The number of fused-ring (bicyclic) bond motifs is 1. The largest absolute Gasteiger partial charge is 0.384 e. The van der Waals surface area contributed by atoms with Crippen LogP contribution < -0.4 is 21.7 Å². The summed E-state index contributed by atoms with van der Waals surface area (Å²) in [5.41, 5.74) is 15.6. The smallest absolute Gasteiger partial charge is 0.258 e. The lowest BCUT2D eigenvalue weighted by Crippen LogP contribution is -2.33. The first kappa shape index (κ1) is 28.5. The van der Waals surface area contributed by atoms with E-state index < -0.39 is 0 Å². The van der Waals surface area contributed by atoms with Crippen molar-refractivity contribution in [1.82, 2.24) is 9.55 Å². The van der Waals surface area contributed by atoms with Crippen LogP contribution in [0.4, 0.5) is 11.4 Å². The zero-order chi connectivity index (χ0) is 28.5. The third-order valence-electron chi connectivity index (χ3n) is 6.95. The molecule has 0 unspecified atom stereocenters. The third kappa shape index (κ3) is 7.12. The van der Waals surface area contributed by atoms with Crippen molar-refractivity contribution < 1.29 is 9.59 Å². The zero-order valence-corrected chi connectivity index (χ0v) is 22.9. The number of nitrogens with one attached hydrogen (secondary N) is 2. The summed E-state index contributed by atoms with van der Waals surface area (Å²) < 4.78 is 2.00. The minimum atomic E-state index is -0.167. The molecule has 4 aromatic rings. The number of anilines is 2. The van der Waals surface area contributed by atoms with Gasteiger partial charge in [-0.1, -0.05) is 24.6 Å². The second-order valence-electron chi connectivity index (χ2n) is 9.82. The standard InChI is InChI=1S/C31H37N7O2/c1-37-28-16-13-23(20-27(28)36-29(37)21-35-24-14-11-22(12-15-24)30(33)34)31(40)38(25-8-4-2-5-9-25)19-17-26(39)10-6-3-7-18-32/h2,4-5,8-9,11-16,20,35H,3,6-7,10,17-19,21,32H2,1H3,(H3,33,34). The van der Waals surface area contributed by atoms with E-state index in [0.717, 1.165) is 47.5 Å². The molecule has 0 aliphatic carbocycles. The Balaban J connectivity index is 1.48. The van der Waals surface area contributed by atoms with Crippen molar-refractivity contribution in [2.24, 2.45) is 18.5 Å². The van der Waals surface area contributed by atoms with Gasteiger partial charge in [-0.2, -0.15) is 0 Å². The van der Waals surface area contributed by atoms with Crippen LogP contribution >= 0.6 is 0 Å². The number of para-hydroxylation sites is 1. The summed E-state index contributed by atoms with van der Waals surface area (Å²) in [7, 11) is 1.95. The summed E-state index contributed by atoms with van der Waals surface area (Å²) in [5, 5.41) is 10.9. The Bertz CT molecular complexity index is 1460. The van der Waals surface area contributed by atoms with Crippen LogP contribution in [0.1, 0.15) is 53.8 Å². The zero-order valence-electron chi connectivity index (χ0n) is 22.9. The molecule has 1 heterocycles. The summed E-state index contributed by atoms with van der Waals surface area (Å²) >= 11 is 0. The van der Waals surface area contributed by atoms with Crippen LogP contribution in [0, 0.1) is 5.41 Å². The van der Waals surface area contributed by atoms with Gasteiger partial charge in [0.05, 0.1) is 17.6 Å². The second kappa shape index (κ2) is 13.5. The number of unbranched alkanes of at least 4 members (excludes halogenated alkanes) is 2. The van der Waals surface area contributed by atoms with Gasteiger partial charge in [0, 0.05) is 48.9 Å². The Hall–Kier alpha value is -4.50. The molecule has 0 spiro atoms. The Morgan fingerprint density at radius 3 is 2.38 bits per heavy atom. The van der Waals surface area contributed by atoms with Gasteiger partial charge in [0.15, 0.2) is 0 Å². The van der Waals surface area contributed by atoms with Crippen molar-refractivity contribution in [1.29, 1.82) is 5.41 Å². The van der Waals surface area contributed by atoms with Crippen molar-refractivity contribution in [2.75, 3.05) is 23.3 Å². The van der Waals surface area contributed by atoms with E-state index in [1.54, 1.807) is 17.0 Å². The number of ketones is 1. The first-order valence-electron chi connectivity index (χ1n) is 13.6. The lowest BCUT2D eigenvalue weighted by atomic mass is 10.1. The monoisotopic (exact) mass is 539 g/mol. The van der Waals surface area contributed by atoms with Crippen LogP contribution in [0.25, 0.3) is 11.0 Å². The highest BCUT2D eigenvalue weighted by Crippen LogP contribution is 2.22. The highest BCUT2D eigenvalue weighted by Gasteiger charge is 2.20. The molecule has 40 heavy (non-hydrogen) atoms. The molecule has 0 atom stereocenters. The van der Waals surface area contributed by atoms with Crippen LogP contribution in [-0.2, 0) is 18.4 Å². The molecule has 4 rings (SSSR count). The summed E-state index contributed by atoms with van der Waals surface area (Å²) in [6.45, 7) is 1.44. The molecule has 9 nitrogen and oxygen atoms in total. The average Bonchev–Trinajstić information content (AvgIpc) is 3.29. The topological polar surface area (TPSA) is 143 Å². The van der Waals surface area contributed by atoms with Crippen LogP contribution in [0.2, 0.25) is 0 Å². The predicted molar refractivity (Wildman–Crippen MR) is 161 cm³/mol. The number of nitrogens with two attached hydrogens (primary N) is 2. The minimum absolute atomic E-state index is 0.0306. The number of Topliss-reactive ketones (excluding diaryl/α,β-unsaturated/α-hetero) is 1. The Kier molecular flexibility index (Phi) is 9.64. The van der Waals surface area contributed by atoms with E-state index in [9.17, 15) is 9.59 Å². The Morgan fingerprint density at radius 1 is 0.950 bits per heavy atom. The number of rotatable bonds is 14. The number of hydrogen-bond acceptors (Lipinski definition) is 6. The fraction of sp³-hybridized carbons (Fsp3) is 0.290. The number of benzene rings is 3. The summed E-state index contributed by atoms with van der Waals surface area (Å²) in [6.07, 6.45) is 3.50. The molecule has 9 heteroatoms. The molecule has 0 aliphatic heterocycles. The average molecular weight is 540 g/mol. The maximum Gasteiger partial charge on any atom is 0.258 e. The molecule has 1 aromatic heterocycles. The number of amidine groups is 1. The molecule has 0 radical (unpaired) electrons. The number of carbonyl (C=O) groups is 2. The first-order valence-corrected chi connectivity index (χ1v) is 13.6. The van der Waals surface area contributed by atoms with Gasteiger partial charge in [0.25, 0.3) is 5.91 Å². The third-order valence-corrected chi connectivity index (χ3v) is 6.95. The lowest BCUT2D eigenvalue weighted by molar-refractivity contribution is -0.119. The molecule has 1 amide bonds. The molecule has 0 bridgehead atoms. The fourth-order valence-electron chi connectivity index (χ4n) is 4.61. The second-order valence-corrected chi connectivity index (χ2v) is 9.82. The van der Waals surface area contributed by atoms with Crippen LogP contribution in [0.3, 0.4) is 0 Å². The van der Waals surface area contributed by atoms with Gasteiger partial charge in [-0.25, -0.2) is 4.98 Å². The van der Waals surface area contributed by atoms with Gasteiger partial charge < -0.3 is 26.3 Å². The maximum absolute atomic E-state index is 13.7. The van der Waals surface area contributed by atoms with Gasteiger partial charge in [-0.3, -0.25) is 15.0 Å². The van der Waals surface area contributed by atoms with Gasteiger partial charge >= 0.3 is 0 Å². The van der Waals surface area contributed by atoms with Gasteiger partial charge in [-0.05, 0) is 74.0 Å². The Morgan fingerprint density at radius 2 is 1.68 bits per heavy atom. The normalized spacial score (nSPS) is 10.9. The number of hydrogen-bond donors (Lipinski definition) is 4. The van der Waals surface area contributed by atoms with E-state index in [2.05, 4.69) is 5.32 Å². The maximum atomic E-state index is 13.7. The van der Waals surface area contributed by atoms with Crippen molar-refractivity contribution >= 4 is 39.9 Å². The molecule has 0 aliphatic rings. The quantitative estimate of drug-likeness (QED) is 0.105. The van der Waals surface area contributed by atoms with E-state index in [0.29, 0.717) is 43.6 Å². The van der Waals surface area contributed by atoms with Gasteiger partial charge in [0.1, 0.15) is 17.4 Å². The van der Waals surface area contributed by atoms with Gasteiger partial charge in [-0.15, -0.1) is 0 Å². The number of nitrogen functional groups attached to an aromatic ring is 1. The number of aryl methyl sites for hydroxylation is 1. The van der Waals surface area contributed by atoms with Gasteiger partial charge in [0.2, 0.25) is 0 Å². The molecular formula is C31H37N7O2. The molecule has 0 saturated carbocycles. The van der Waals surface area contributed by atoms with Crippen LogP contribution in [-0.4, -0.2) is 40.2 Å². The van der Waals surface area contributed by atoms with Crippen LogP contribution in [0.15, 0.2) is 72.8 Å². The number of nitrogens with zero attached hydrogens (tertiary/aromatic N) is 3. The number of aromatic nitrogens is 2. The van der Waals surface area contributed by atoms with Crippen molar-refractivity contribution in [3.8, 4) is 0 Å². The van der Waals surface area contributed by atoms with Crippen molar-refractivity contribution in [3.63, 3.8) is 0 Å². The summed E-state index contributed by atoms with van der Waals surface area (Å²) in [5.74, 6) is 0.831. The van der Waals surface area contributed by atoms with E-state index in [1.165, 1.54) is 0 Å².